The fraction of sp³-hybridized carbons (Fsp3) is 0.425. The minimum atomic E-state index is -0.991. The van der Waals surface area contributed by atoms with E-state index in [9.17, 15) is 14.7 Å². The molecule has 0 aliphatic carbocycles. The molecule has 3 aromatic carbocycles. The van der Waals surface area contributed by atoms with E-state index >= 15 is 0 Å². The highest BCUT2D eigenvalue weighted by Crippen LogP contribution is 2.44. The summed E-state index contributed by atoms with van der Waals surface area (Å²) in [5, 5.41) is 19.8. The van der Waals surface area contributed by atoms with Crippen molar-refractivity contribution < 1.29 is 24.2 Å². The second kappa shape index (κ2) is 16.1. The predicted octanol–water partition coefficient (Wildman–Crippen LogP) is 9.97. The predicted molar refractivity (Wildman–Crippen MR) is 209 cm³/mol. The molecule has 272 valence electrons. The third-order valence-electron chi connectivity index (χ3n) is 9.24. The number of amides is 1. The van der Waals surface area contributed by atoms with Gasteiger partial charge in [0.1, 0.15) is 17.0 Å². The Balaban J connectivity index is 1.56. The second-order valence-corrected chi connectivity index (χ2v) is 14.9. The van der Waals surface area contributed by atoms with E-state index in [4.69, 9.17) is 26.2 Å². The lowest BCUT2D eigenvalue weighted by atomic mass is 9.94. The number of unbranched alkanes of at least 4 members (excludes halogenated alkanes) is 1. The first-order valence-corrected chi connectivity index (χ1v) is 19.0. The Labute approximate surface area is 313 Å². The summed E-state index contributed by atoms with van der Waals surface area (Å²) in [6, 6.07) is 16.1. The number of benzene rings is 3. The second-order valence-electron chi connectivity index (χ2n) is 14.0. The van der Waals surface area contributed by atoms with Crippen LogP contribution in [0.3, 0.4) is 0 Å². The molecule has 0 saturated carbocycles. The SMILES string of the molecule is CCc1cc(Cl)c(-c2c(CBr)nn(C)c2C)c2c1c(CCCOc1cccc3ccccc13)c(C(=O)O)n2CCCCN(C)C(=O)OC(C)(C)C. The van der Waals surface area contributed by atoms with Crippen LogP contribution in [-0.2, 0) is 36.5 Å². The Morgan fingerprint density at radius 1 is 1.06 bits per heavy atom. The minimum absolute atomic E-state index is 0.260. The molecule has 5 aromatic rings. The van der Waals surface area contributed by atoms with Gasteiger partial charge in [-0.3, -0.25) is 4.68 Å². The van der Waals surface area contributed by atoms with Crippen molar-refractivity contribution in [2.75, 3.05) is 20.2 Å². The number of carboxylic acid groups (broad SMARTS) is 1. The summed E-state index contributed by atoms with van der Waals surface area (Å²) in [6.07, 6.45) is 2.69. The van der Waals surface area contributed by atoms with Crippen molar-refractivity contribution in [2.45, 2.75) is 84.2 Å². The molecular formula is C40H48BrClN4O5. The van der Waals surface area contributed by atoms with Gasteiger partial charge in [0.2, 0.25) is 0 Å². The minimum Gasteiger partial charge on any atom is -0.493 e. The number of rotatable bonds is 14. The largest absolute Gasteiger partial charge is 0.493 e. The molecular weight excluding hydrogens is 732 g/mol. The van der Waals surface area contributed by atoms with Crippen molar-refractivity contribution in [3.05, 3.63) is 81.8 Å². The molecule has 0 spiro atoms. The molecule has 0 atom stereocenters. The lowest BCUT2D eigenvalue weighted by Gasteiger charge is -2.24. The van der Waals surface area contributed by atoms with E-state index in [0.29, 0.717) is 62.2 Å². The zero-order valence-electron chi connectivity index (χ0n) is 30.6. The zero-order valence-corrected chi connectivity index (χ0v) is 32.9. The van der Waals surface area contributed by atoms with E-state index in [-0.39, 0.29) is 11.8 Å². The fourth-order valence-electron chi connectivity index (χ4n) is 6.81. The van der Waals surface area contributed by atoms with E-state index in [1.54, 1.807) is 11.9 Å². The molecule has 0 bridgehead atoms. The number of carbonyl (C=O) groups excluding carboxylic acids is 1. The van der Waals surface area contributed by atoms with E-state index in [1.165, 1.54) is 0 Å². The topological polar surface area (TPSA) is 98.8 Å². The van der Waals surface area contributed by atoms with Crippen molar-refractivity contribution >= 4 is 61.3 Å². The Kier molecular flexibility index (Phi) is 12.1. The van der Waals surface area contributed by atoms with Crippen LogP contribution in [0.25, 0.3) is 32.8 Å². The summed E-state index contributed by atoms with van der Waals surface area (Å²) >= 11 is 10.8. The van der Waals surface area contributed by atoms with Crippen LogP contribution in [0.2, 0.25) is 5.02 Å². The molecule has 0 saturated heterocycles. The molecule has 2 aromatic heterocycles. The number of halogens is 2. The smallest absolute Gasteiger partial charge is 0.410 e. The maximum atomic E-state index is 13.3. The van der Waals surface area contributed by atoms with Gasteiger partial charge in [0, 0.05) is 60.1 Å². The van der Waals surface area contributed by atoms with Crippen LogP contribution in [0.1, 0.15) is 80.0 Å². The van der Waals surface area contributed by atoms with Crippen molar-refractivity contribution in [1.82, 2.24) is 19.2 Å². The lowest BCUT2D eigenvalue weighted by molar-refractivity contribution is 0.0296. The first kappa shape index (κ1) is 38.2. The quantitative estimate of drug-likeness (QED) is 0.0890. The fourth-order valence-corrected chi connectivity index (χ4v) is 7.52. The van der Waals surface area contributed by atoms with Crippen LogP contribution >= 0.6 is 27.5 Å². The lowest BCUT2D eigenvalue weighted by Crippen LogP contribution is -2.34. The Hall–Kier alpha value is -4.02. The molecule has 0 aliphatic heterocycles. The Bertz CT molecular complexity index is 2060. The first-order chi connectivity index (χ1) is 24.3. The van der Waals surface area contributed by atoms with Crippen LogP contribution < -0.4 is 4.74 Å². The number of hydrogen-bond donors (Lipinski definition) is 1. The number of aromatic nitrogens is 3. The number of carbonyl (C=O) groups is 2. The number of aryl methyl sites for hydroxylation is 4. The van der Waals surface area contributed by atoms with Gasteiger partial charge in [-0.15, -0.1) is 0 Å². The van der Waals surface area contributed by atoms with Gasteiger partial charge in [0.25, 0.3) is 0 Å². The molecule has 1 amide bonds. The van der Waals surface area contributed by atoms with Gasteiger partial charge in [0.15, 0.2) is 0 Å². The van der Waals surface area contributed by atoms with E-state index < -0.39 is 11.6 Å². The molecule has 5 rings (SSSR count). The highest BCUT2D eigenvalue weighted by Gasteiger charge is 2.30. The normalized spacial score (nSPS) is 11.8. The molecule has 11 heteroatoms. The number of fused-ring (bicyclic) bond motifs is 2. The summed E-state index contributed by atoms with van der Waals surface area (Å²) in [6.45, 7) is 10.9. The van der Waals surface area contributed by atoms with Crippen LogP contribution in [0.4, 0.5) is 4.79 Å². The maximum absolute atomic E-state index is 13.3. The van der Waals surface area contributed by atoms with Gasteiger partial charge < -0.3 is 24.0 Å². The van der Waals surface area contributed by atoms with Crippen molar-refractivity contribution in [3.63, 3.8) is 0 Å². The van der Waals surface area contributed by atoms with E-state index in [2.05, 4.69) is 35.0 Å². The number of alkyl halides is 1. The van der Waals surface area contributed by atoms with E-state index in [1.807, 2.05) is 80.4 Å². The number of aromatic carboxylic acids is 1. The standard InChI is InChI=1S/C40H48BrClN4O5/c1-8-26-23-30(42)35(33-25(2)45(7)43-31(33)24-41)37-34(26)29(18-14-22-50-32-19-13-16-27-15-9-10-17-28(27)32)36(38(47)48)46(37)21-12-11-20-44(6)39(49)51-40(3,4)5/h9-10,13,15-17,19,23H,8,11-12,14,18,20-22,24H2,1-7H3,(H,47,48). The first-order valence-electron chi connectivity index (χ1n) is 17.5. The summed E-state index contributed by atoms with van der Waals surface area (Å²) < 4.78 is 15.6. The third kappa shape index (κ3) is 8.23. The van der Waals surface area contributed by atoms with Crippen LogP contribution in [0.5, 0.6) is 5.75 Å². The molecule has 0 fully saturated rings. The maximum Gasteiger partial charge on any atom is 0.410 e. The monoisotopic (exact) mass is 778 g/mol. The molecule has 9 nitrogen and oxygen atoms in total. The average Bonchev–Trinajstić information content (AvgIpc) is 3.56. The van der Waals surface area contributed by atoms with Gasteiger partial charge in [-0.2, -0.15) is 5.10 Å². The number of ether oxygens (including phenoxy) is 2. The van der Waals surface area contributed by atoms with Gasteiger partial charge in [0.05, 0.1) is 22.8 Å². The molecule has 0 radical (unpaired) electrons. The molecule has 2 heterocycles. The highest BCUT2D eigenvalue weighted by atomic mass is 79.9. The summed E-state index contributed by atoms with van der Waals surface area (Å²) in [4.78, 5) is 27.5. The third-order valence-corrected chi connectivity index (χ3v) is 10.1. The molecule has 0 unspecified atom stereocenters. The van der Waals surface area contributed by atoms with Crippen molar-refractivity contribution in [2.24, 2.45) is 7.05 Å². The zero-order chi connectivity index (χ0) is 37.0. The number of hydrogen-bond acceptors (Lipinski definition) is 5. The number of nitrogens with zero attached hydrogens (tertiary/aromatic N) is 4. The molecule has 0 aliphatic rings. The summed E-state index contributed by atoms with van der Waals surface area (Å²) in [7, 11) is 3.62. The van der Waals surface area contributed by atoms with Crippen molar-refractivity contribution in [3.8, 4) is 16.9 Å². The molecule has 51 heavy (non-hydrogen) atoms. The Morgan fingerprint density at radius 2 is 1.78 bits per heavy atom. The highest BCUT2D eigenvalue weighted by molar-refractivity contribution is 9.08. The van der Waals surface area contributed by atoms with Gasteiger partial charge >= 0.3 is 12.1 Å². The van der Waals surface area contributed by atoms with Gasteiger partial charge in [-0.1, -0.05) is 70.9 Å². The van der Waals surface area contributed by atoms with Crippen LogP contribution in [0, 0.1) is 6.92 Å². The van der Waals surface area contributed by atoms with Gasteiger partial charge in [-0.05, 0) is 88.4 Å². The number of carboxylic acids is 1. The summed E-state index contributed by atoms with van der Waals surface area (Å²) in [5.41, 5.74) is 5.71. The van der Waals surface area contributed by atoms with E-state index in [0.717, 1.165) is 61.1 Å². The van der Waals surface area contributed by atoms with Crippen LogP contribution in [-0.4, -0.2) is 62.2 Å². The van der Waals surface area contributed by atoms with Gasteiger partial charge in [-0.25, -0.2) is 9.59 Å². The average molecular weight is 780 g/mol. The van der Waals surface area contributed by atoms with Crippen LogP contribution in [0.15, 0.2) is 48.5 Å². The van der Waals surface area contributed by atoms with Crippen molar-refractivity contribution in [1.29, 1.82) is 0 Å². The molecule has 1 N–H and O–H groups in total. The Morgan fingerprint density at radius 3 is 2.47 bits per heavy atom. The summed E-state index contributed by atoms with van der Waals surface area (Å²) in [5.74, 6) is -0.183.